The van der Waals surface area contributed by atoms with Crippen LogP contribution in [0.15, 0.2) is 18.2 Å². The van der Waals surface area contributed by atoms with Gasteiger partial charge in [0.05, 0.1) is 0 Å². The number of aryl methyl sites for hydroxylation is 1. The molecule has 0 unspecified atom stereocenters. The van der Waals surface area contributed by atoms with Crippen molar-refractivity contribution in [1.29, 1.82) is 0 Å². The van der Waals surface area contributed by atoms with Crippen molar-refractivity contribution in [2.75, 3.05) is 36.8 Å². The monoisotopic (exact) mass is 261 g/mol. The van der Waals surface area contributed by atoms with Crippen molar-refractivity contribution >= 4 is 17.3 Å². The Bertz CT molecular complexity index is 451. The van der Waals surface area contributed by atoms with Crippen molar-refractivity contribution < 1.29 is 4.79 Å². The van der Waals surface area contributed by atoms with Gasteiger partial charge < -0.3 is 15.5 Å². The first-order valence-corrected chi connectivity index (χ1v) is 7.00. The molecule has 1 aromatic carbocycles. The summed E-state index contributed by atoms with van der Waals surface area (Å²) in [6, 6.07) is 6.02. The van der Waals surface area contributed by atoms with Crippen LogP contribution in [0.5, 0.6) is 0 Å². The fraction of sp³-hybridized carbons (Fsp3) is 0.533. The van der Waals surface area contributed by atoms with Gasteiger partial charge in [0.1, 0.15) is 0 Å². The number of rotatable bonds is 3. The second-order valence-electron chi connectivity index (χ2n) is 5.16. The molecule has 1 saturated heterocycles. The first kappa shape index (κ1) is 13.7. The normalized spacial score (nSPS) is 15.7. The van der Waals surface area contributed by atoms with Gasteiger partial charge in [0, 0.05) is 44.0 Å². The van der Waals surface area contributed by atoms with Gasteiger partial charge in [0.2, 0.25) is 5.91 Å². The topological polar surface area (TPSA) is 49.6 Å². The summed E-state index contributed by atoms with van der Waals surface area (Å²) in [6.07, 6.45) is 1.59. The number of anilines is 2. The van der Waals surface area contributed by atoms with E-state index in [1.54, 1.807) is 0 Å². The molecule has 1 aliphatic heterocycles. The van der Waals surface area contributed by atoms with Gasteiger partial charge in [-0.25, -0.2) is 0 Å². The number of nitrogen functional groups attached to an aromatic ring is 1. The van der Waals surface area contributed by atoms with Crippen LogP contribution in [-0.2, 0) is 4.79 Å². The SMILES string of the molecule is CCCC(=O)N1CCN(c2ccc(N)cc2C)CC1. The molecule has 1 heterocycles. The molecule has 0 aliphatic carbocycles. The summed E-state index contributed by atoms with van der Waals surface area (Å²) in [5.41, 5.74) is 9.02. The van der Waals surface area contributed by atoms with Crippen LogP contribution in [0, 0.1) is 6.92 Å². The summed E-state index contributed by atoms with van der Waals surface area (Å²) in [4.78, 5) is 16.2. The smallest absolute Gasteiger partial charge is 0.222 e. The van der Waals surface area contributed by atoms with Crippen LogP contribution in [0.2, 0.25) is 0 Å². The predicted octanol–water partition coefficient (Wildman–Crippen LogP) is 2.03. The quantitative estimate of drug-likeness (QED) is 0.847. The van der Waals surface area contributed by atoms with Crippen molar-refractivity contribution in [3.8, 4) is 0 Å². The lowest BCUT2D eigenvalue weighted by Crippen LogP contribution is -2.48. The molecule has 1 fully saturated rings. The van der Waals surface area contributed by atoms with Gasteiger partial charge >= 0.3 is 0 Å². The Balaban J connectivity index is 1.98. The molecule has 104 valence electrons. The average Bonchev–Trinajstić information content (AvgIpc) is 2.39. The van der Waals surface area contributed by atoms with E-state index in [1.807, 2.05) is 24.0 Å². The minimum Gasteiger partial charge on any atom is -0.399 e. The highest BCUT2D eigenvalue weighted by atomic mass is 16.2. The van der Waals surface area contributed by atoms with Crippen molar-refractivity contribution in [3.63, 3.8) is 0 Å². The van der Waals surface area contributed by atoms with Gasteiger partial charge in [0.25, 0.3) is 0 Å². The first-order chi connectivity index (χ1) is 9.11. The summed E-state index contributed by atoms with van der Waals surface area (Å²) >= 11 is 0. The lowest BCUT2D eigenvalue weighted by Gasteiger charge is -2.37. The average molecular weight is 261 g/mol. The van der Waals surface area contributed by atoms with E-state index in [1.165, 1.54) is 11.3 Å². The molecule has 4 nitrogen and oxygen atoms in total. The van der Waals surface area contributed by atoms with Gasteiger partial charge in [-0.2, -0.15) is 0 Å². The summed E-state index contributed by atoms with van der Waals surface area (Å²) in [6.45, 7) is 7.58. The van der Waals surface area contributed by atoms with Gasteiger partial charge in [-0.05, 0) is 37.1 Å². The standard InChI is InChI=1S/C15H23N3O/c1-3-4-15(19)18-9-7-17(8-10-18)14-6-5-13(16)11-12(14)2/h5-6,11H,3-4,7-10,16H2,1-2H3. The fourth-order valence-corrected chi connectivity index (χ4v) is 2.60. The van der Waals surface area contributed by atoms with Crippen LogP contribution < -0.4 is 10.6 Å². The zero-order chi connectivity index (χ0) is 13.8. The van der Waals surface area contributed by atoms with Crippen LogP contribution in [0.25, 0.3) is 0 Å². The minimum atomic E-state index is 0.288. The third kappa shape index (κ3) is 3.19. The Morgan fingerprint density at radius 3 is 2.53 bits per heavy atom. The minimum absolute atomic E-state index is 0.288. The molecular formula is C15H23N3O. The molecular weight excluding hydrogens is 238 g/mol. The number of hydrogen-bond acceptors (Lipinski definition) is 3. The van der Waals surface area contributed by atoms with Gasteiger partial charge in [-0.15, -0.1) is 0 Å². The molecule has 2 N–H and O–H groups in total. The summed E-state index contributed by atoms with van der Waals surface area (Å²) in [5.74, 6) is 0.288. The van der Waals surface area contributed by atoms with E-state index in [-0.39, 0.29) is 5.91 Å². The number of nitrogens with zero attached hydrogens (tertiary/aromatic N) is 2. The molecule has 0 spiro atoms. The van der Waals surface area contributed by atoms with E-state index in [4.69, 9.17) is 5.73 Å². The summed E-state index contributed by atoms with van der Waals surface area (Å²) < 4.78 is 0. The van der Waals surface area contributed by atoms with Crippen molar-refractivity contribution in [2.24, 2.45) is 0 Å². The molecule has 19 heavy (non-hydrogen) atoms. The van der Waals surface area contributed by atoms with Crippen LogP contribution in [-0.4, -0.2) is 37.0 Å². The van der Waals surface area contributed by atoms with Gasteiger partial charge in [0.15, 0.2) is 0 Å². The number of benzene rings is 1. The molecule has 0 aromatic heterocycles. The predicted molar refractivity (Wildman–Crippen MR) is 79.3 cm³/mol. The zero-order valence-electron chi connectivity index (χ0n) is 11.9. The summed E-state index contributed by atoms with van der Waals surface area (Å²) in [5, 5.41) is 0. The molecule has 0 radical (unpaired) electrons. The van der Waals surface area contributed by atoms with Crippen LogP contribution in [0.4, 0.5) is 11.4 Å². The Labute approximate surface area is 115 Å². The van der Waals surface area contributed by atoms with Crippen LogP contribution >= 0.6 is 0 Å². The Morgan fingerprint density at radius 2 is 1.95 bits per heavy atom. The Hall–Kier alpha value is -1.71. The van der Waals surface area contributed by atoms with Crippen LogP contribution in [0.3, 0.4) is 0 Å². The number of amides is 1. The number of piperazine rings is 1. The van der Waals surface area contributed by atoms with Crippen molar-refractivity contribution in [2.45, 2.75) is 26.7 Å². The molecule has 0 saturated carbocycles. The summed E-state index contributed by atoms with van der Waals surface area (Å²) in [7, 11) is 0. The third-order valence-electron chi connectivity index (χ3n) is 3.66. The lowest BCUT2D eigenvalue weighted by molar-refractivity contribution is -0.131. The van der Waals surface area contributed by atoms with E-state index < -0.39 is 0 Å². The Kier molecular flexibility index (Phi) is 4.30. The highest BCUT2D eigenvalue weighted by Crippen LogP contribution is 2.23. The molecule has 4 heteroatoms. The van der Waals surface area contributed by atoms with Crippen LogP contribution in [0.1, 0.15) is 25.3 Å². The first-order valence-electron chi connectivity index (χ1n) is 7.00. The molecule has 1 amide bonds. The molecule has 0 atom stereocenters. The van der Waals surface area contributed by atoms with Gasteiger partial charge in [-0.3, -0.25) is 4.79 Å². The second kappa shape index (κ2) is 5.95. The lowest BCUT2D eigenvalue weighted by atomic mass is 10.1. The van der Waals surface area contributed by atoms with E-state index in [2.05, 4.69) is 17.9 Å². The second-order valence-corrected chi connectivity index (χ2v) is 5.16. The largest absolute Gasteiger partial charge is 0.399 e. The van der Waals surface area contributed by atoms with Crippen molar-refractivity contribution in [3.05, 3.63) is 23.8 Å². The van der Waals surface area contributed by atoms with Crippen molar-refractivity contribution in [1.82, 2.24) is 4.90 Å². The van der Waals surface area contributed by atoms with E-state index >= 15 is 0 Å². The molecule has 1 aromatic rings. The van der Waals surface area contributed by atoms with E-state index in [0.717, 1.165) is 38.3 Å². The molecule has 0 bridgehead atoms. The third-order valence-corrected chi connectivity index (χ3v) is 3.66. The zero-order valence-corrected chi connectivity index (χ0v) is 11.9. The fourth-order valence-electron chi connectivity index (χ4n) is 2.60. The van der Waals surface area contributed by atoms with E-state index in [9.17, 15) is 4.79 Å². The highest BCUT2D eigenvalue weighted by Gasteiger charge is 2.21. The number of nitrogens with two attached hydrogens (primary N) is 1. The highest BCUT2D eigenvalue weighted by molar-refractivity contribution is 5.76. The molecule has 2 rings (SSSR count). The maximum Gasteiger partial charge on any atom is 0.222 e. The maximum atomic E-state index is 11.8. The number of carbonyl (C=O) groups excluding carboxylic acids is 1. The number of carbonyl (C=O) groups is 1. The molecule has 1 aliphatic rings. The van der Waals surface area contributed by atoms with Gasteiger partial charge in [-0.1, -0.05) is 6.92 Å². The number of hydrogen-bond donors (Lipinski definition) is 1. The van der Waals surface area contributed by atoms with E-state index in [0.29, 0.717) is 6.42 Å². The maximum absolute atomic E-state index is 11.8. The Morgan fingerprint density at radius 1 is 1.26 bits per heavy atom.